The van der Waals surface area contributed by atoms with Crippen LogP contribution in [0.25, 0.3) is 0 Å². The molecule has 0 aliphatic rings. The van der Waals surface area contributed by atoms with E-state index < -0.39 is 30.3 Å². The van der Waals surface area contributed by atoms with Crippen molar-refractivity contribution in [2.45, 2.75) is 25.8 Å². The smallest absolute Gasteiger partial charge is 0.357 e. The molecule has 2 N–H and O–H groups in total. The van der Waals surface area contributed by atoms with Crippen LogP contribution in [-0.4, -0.2) is 50.3 Å². The maximum atomic E-state index is 13.1. The Labute approximate surface area is 175 Å². The van der Waals surface area contributed by atoms with Gasteiger partial charge >= 0.3 is 12.4 Å². The second-order valence-corrected chi connectivity index (χ2v) is 5.77. The van der Waals surface area contributed by atoms with Crippen LogP contribution in [0.4, 0.5) is 30.7 Å². The van der Waals surface area contributed by atoms with Crippen molar-refractivity contribution in [1.29, 1.82) is 0 Å². The number of hydrogen-bond acceptors (Lipinski definition) is 2. The number of halogens is 8. The Morgan fingerprint density at radius 3 is 2.29 bits per heavy atom. The molecule has 1 aromatic carbocycles. The first-order valence-corrected chi connectivity index (χ1v) is 8.05. The minimum absolute atomic E-state index is 0. The van der Waals surface area contributed by atoms with Crippen molar-refractivity contribution in [1.82, 2.24) is 15.5 Å². The number of guanidine groups is 1. The molecule has 0 atom stereocenters. The van der Waals surface area contributed by atoms with Gasteiger partial charge < -0.3 is 10.6 Å². The number of rotatable bonds is 7. The van der Waals surface area contributed by atoms with Crippen LogP contribution < -0.4 is 10.6 Å². The van der Waals surface area contributed by atoms with Crippen LogP contribution in [0.1, 0.15) is 18.1 Å². The van der Waals surface area contributed by atoms with Gasteiger partial charge in [-0.1, -0.05) is 6.07 Å². The maximum Gasteiger partial charge on any atom is 0.416 e. The Morgan fingerprint density at radius 2 is 1.75 bits per heavy atom. The third kappa shape index (κ3) is 10.3. The fraction of sp³-hybridized carbons (Fsp3) is 0.562. The van der Waals surface area contributed by atoms with Gasteiger partial charge in [-0.25, -0.2) is 9.38 Å². The summed E-state index contributed by atoms with van der Waals surface area (Å²) in [6.07, 6.45) is -9.04. The number of hydrogen-bond donors (Lipinski definition) is 2. The number of nitrogens with zero attached hydrogens (tertiary/aromatic N) is 2. The predicted octanol–water partition coefficient (Wildman–Crippen LogP) is 4.01. The molecule has 0 fully saturated rings. The van der Waals surface area contributed by atoms with Gasteiger partial charge in [-0.3, -0.25) is 4.90 Å². The Hall–Kier alpha value is -1.31. The summed E-state index contributed by atoms with van der Waals surface area (Å²) in [7, 11) is 1.30. The van der Waals surface area contributed by atoms with Crippen LogP contribution in [0.15, 0.2) is 23.2 Å². The third-order valence-corrected chi connectivity index (χ3v) is 3.36. The minimum atomic E-state index is -4.72. The monoisotopic (exact) mass is 530 g/mol. The van der Waals surface area contributed by atoms with Crippen molar-refractivity contribution >= 4 is 29.9 Å². The van der Waals surface area contributed by atoms with Crippen LogP contribution in [0.3, 0.4) is 0 Å². The molecule has 162 valence electrons. The summed E-state index contributed by atoms with van der Waals surface area (Å²) >= 11 is 0. The van der Waals surface area contributed by atoms with E-state index in [4.69, 9.17) is 0 Å². The van der Waals surface area contributed by atoms with Crippen LogP contribution >= 0.6 is 24.0 Å². The molecule has 0 aliphatic carbocycles. The molecule has 1 aromatic rings. The number of aliphatic imine (C=N–C) groups is 1. The zero-order valence-electron chi connectivity index (χ0n) is 15.2. The molecule has 0 aliphatic heterocycles. The van der Waals surface area contributed by atoms with Gasteiger partial charge in [0, 0.05) is 19.6 Å². The summed E-state index contributed by atoms with van der Waals surface area (Å²) in [5, 5.41) is 5.54. The Kier molecular flexibility index (Phi) is 11.1. The highest BCUT2D eigenvalue weighted by atomic mass is 127. The fourth-order valence-electron chi connectivity index (χ4n) is 2.21. The van der Waals surface area contributed by atoms with E-state index >= 15 is 0 Å². The molecular weight excluding hydrogens is 508 g/mol. The van der Waals surface area contributed by atoms with Gasteiger partial charge in [-0.15, -0.1) is 24.0 Å². The van der Waals surface area contributed by atoms with Gasteiger partial charge in [0.2, 0.25) is 0 Å². The topological polar surface area (TPSA) is 39.7 Å². The molecule has 28 heavy (non-hydrogen) atoms. The molecule has 0 unspecified atom stereocenters. The Morgan fingerprint density at radius 1 is 1.11 bits per heavy atom. The molecule has 1 rings (SSSR count). The van der Waals surface area contributed by atoms with Crippen molar-refractivity contribution in [3.63, 3.8) is 0 Å². The summed E-state index contributed by atoms with van der Waals surface area (Å²) in [5.41, 5.74) is -1.33. The SMILES string of the molecule is CCNC(=NCc1ccc(F)cc1C(F)(F)F)NCCN(C)CC(F)(F)F.I. The van der Waals surface area contributed by atoms with Crippen molar-refractivity contribution in [2.75, 3.05) is 33.2 Å². The van der Waals surface area contributed by atoms with Gasteiger partial charge in [0.05, 0.1) is 18.7 Å². The van der Waals surface area contributed by atoms with E-state index in [-0.39, 0.29) is 55.1 Å². The molecule has 0 heterocycles. The number of alkyl halides is 6. The summed E-state index contributed by atoms with van der Waals surface area (Å²) in [5.74, 6) is -0.858. The third-order valence-electron chi connectivity index (χ3n) is 3.36. The van der Waals surface area contributed by atoms with Crippen LogP contribution in [0, 0.1) is 5.82 Å². The zero-order chi connectivity index (χ0) is 20.7. The van der Waals surface area contributed by atoms with Gasteiger partial charge in [-0.2, -0.15) is 26.3 Å². The van der Waals surface area contributed by atoms with Crippen molar-refractivity contribution in [3.8, 4) is 0 Å². The predicted molar refractivity (Wildman–Crippen MR) is 103 cm³/mol. The van der Waals surface area contributed by atoms with E-state index in [1.165, 1.54) is 7.05 Å². The lowest BCUT2D eigenvalue weighted by Crippen LogP contribution is -2.42. The highest BCUT2D eigenvalue weighted by molar-refractivity contribution is 14.0. The second kappa shape index (κ2) is 11.6. The second-order valence-electron chi connectivity index (χ2n) is 5.77. The van der Waals surface area contributed by atoms with E-state index in [0.717, 1.165) is 17.0 Å². The van der Waals surface area contributed by atoms with Crippen molar-refractivity contribution in [2.24, 2.45) is 4.99 Å². The molecule has 0 saturated heterocycles. The standard InChI is InChI=1S/C16H21F7N4.HI/c1-3-24-14(25-6-7-27(2)10-15(18,19)20)26-9-11-4-5-12(17)8-13(11)16(21,22)23;/h4-5,8H,3,6-7,9-10H2,1-2H3,(H2,24,25,26);1H. The van der Waals surface area contributed by atoms with Crippen LogP contribution in [0.2, 0.25) is 0 Å². The Bertz CT molecular complexity index is 632. The molecule has 4 nitrogen and oxygen atoms in total. The van der Waals surface area contributed by atoms with E-state index in [0.29, 0.717) is 12.6 Å². The molecule has 0 bridgehead atoms. The van der Waals surface area contributed by atoms with E-state index in [9.17, 15) is 30.7 Å². The highest BCUT2D eigenvalue weighted by Crippen LogP contribution is 2.32. The Balaban J connectivity index is 0.00000729. The van der Waals surface area contributed by atoms with E-state index in [1.54, 1.807) is 6.92 Å². The lowest BCUT2D eigenvalue weighted by Gasteiger charge is -2.19. The molecular formula is C16H22F7IN4. The minimum Gasteiger partial charge on any atom is -0.357 e. The van der Waals surface area contributed by atoms with Crippen molar-refractivity contribution < 1.29 is 30.7 Å². The van der Waals surface area contributed by atoms with Gasteiger partial charge in [0.1, 0.15) is 5.82 Å². The van der Waals surface area contributed by atoms with Gasteiger partial charge in [-0.05, 0) is 31.7 Å². The maximum absolute atomic E-state index is 13.1. The normalized spacial score (nSPS) is 12.7. The zero-order valence-corrected chi connectivity index (χ0v) is 17.5. The summed E-state index contributed by atoms with van der Waals surface area (Å²) in [6, 6.07) is 2.31. The number of nitrogens with one attached hydrogen (secondary N) is 2. The average molecular weight is 530 g/mol. The average Bonchev–Trinajstić information content (AvgIpc) is 2.50. The summed E-state index contributed by atoms with van der Waals surface area (Å²) in [4.78, 5) is 5.04. The summed E-state index contributed by atoms with van der Waals surface area (Å²) < 4.78 is 88.9. The first kappa shape index (κ1) is 26.7. The van der Waals surface area contributed by atoms with Crippen LogP contribution in [0.5, 0.6) is 0 Å². The fourth-order valence-corrected chi connectivity index (χ4v) is 2.21. The first-order valence-electron chi connectivity index (χ1n) is 8.05. The molecule has 0 amide bonds. The van der Waals surface area contributed by atoms with Gasteiger partial charge in [0.15, 0.2) is 5.96 Å². The molecule has 0 saturated carbocycles. The molecule has 12 heteroatoms. The van der Waals surface area contributed by atoms with Crippen molar-refractivity contribution in [3.05, 3.63) is 35.1 Å². The summed E-state index contributed by atoms with van der Waals surface area (Å²) in [6.45, 7) is 0.837. The number of benzene rings is 1. The number of likely N-dealkylation sites (N-methyl/N-ethyl adjacent to an activating group) is 1. The molecule has 0 spiro atoms. The quantitative estimate of drug-likeness (QED) is 0.242. The molecule has 0 radical (unpaired) electrons. The first-order chi connectivity index (χ1) is 12.4. The van der Waals surface area contributed by atoms with E-state index in [1.807, 2.05) is 0 Å². The highest BCUT2D eigenvalue weighted by Gasteiger charge is 2.33. The lowest BCUT2D eigenvalue weighted by atomic mass is 10.1. The van der Waals surface area contributed by atoms with Gasteiger partial charge in [0.25, 0.3) is 0 Å². The van der Waals surface area contributed by atoms with E-state index in [2.05, 4.69) is 15.6 Å². The largest absolute Gasteiger partial charge is 0.416 e. The molecule has 0 aromatic heterocycles. The lowest BCUT2D eigenvalue weighted by molar-refractivity contribution is -0.142. The van der Waals surface area contributed by atoms with Crippen LogP contribution in [-0.2, 0) is 12.7 Å².